The second-order valence-electron chi connectivity index (χ2n) is 8.97. The van der Waals surface area contributed by atoms with Gasteiger partial charge in [-0.25, -0.2) is 14.0 Å². The molecule has 11 heteroatoms. The second kappa shape index (κ2) is 12.3. The van der Waals surface area contributed by atoms with E-state index in [9.17, 15) is 14.0 Å². The topological polar surface area (TPSA) is 168 Å². The molecule has 0 fully saturated rings. The van der Waals surface area contributed by atoms with Crippen LogP contribution in [0.15, 0.2) is 48.5 Å². The third-order valence-corrected chi connectivity index (χ3v) is 6.17. The number of hydrogen-bond acceptors (Lipinski definition) is 8. The Balaban J connectivity index is 0.000000342. The van der Waals surface area contributed by atoms with E-state index in [2.05, 4.69) is 40.3 Å². The van der Waals surface area contributed by atoms with E-state index in [1.807, 2.05) is 31.2 Å². The minimum absolute atomic E-state index is 0.0861. The number of carboxylic acid groups (broad SMARTS) is 2. The van der Waals surface area contributed by atoms with Gasteiger partial charge in [-0.3, -0.25) is 0 Å². The first kappa shape index (κ1) is 28.3. The van der Waals surface area contributed by atoms with Crippen LogP contribution in [0.4, 0.5) is 4.39 Å². The van der Waals surface area contributed by atoms with Crippen LogP contribution in [0.2, 0.25) is 0 Å². The maximum absolute atomic E-state index is 14.2. The Morgan fingerprint density at radius 2 is 1.74 bits per heavy atom. The van der Waals surface area contributed by atoms with E-state index >= 15 is 0 Å². The lowest BCUT2D eigenvalue weighted by Crippen LogP contribution is -2.39. The summed E-state index contributed by atoms with van der Waals surface area (Å²) >= 11 is 0. The number of aryl methyl sites for hydroxylation is 1. The average Bonchev–Trinajstić information content (AvgIpc) is 3.06. The molecule has 1 aromatic heterocycles. The molecule has 0 bridgehead atoms. The first-order valence-electron chi connectivity index (χ1n) is 11.6. The van der Waals surface area contributed by atoms with Crippen molar-refractivity contribution in [3.05, 3.63) is 82.3 Å². The van der Waals surface area contributed by atoms with Crippen LogP contribution < -0.4 is 0 Å². The molecule has 198 valence electrons. The van der Waals surface area contributed by atoms with Crippen LogP contribution in [-0.2, 0) is 16.1 Å². The molecule has 38 heavy (non-hydrogen) atoms. The SMILES string of the molecule is Cc1ccc(-c2ccc3c(c2)CN(C)CCC3c2ccc(C#N)c(F)c2)nn1.O=C(O)[C@H](O)[C@@H](O)C(=O)O. The standard InChI is InChI=1S/C23H21FN4.C4H6O6/c1-15-3-8-23(27-26-15)17-6-7-20-19(11-17)14-28(2)10-9-21(20)16-4-5-18(13-25)22(24)12-16;5-1(3(7)8)2(6)4(9)10/h3-8,11-12,21H,9-10,14H2,1-2H3;1-2,5-6H,(H,7,8)(H,9,10)/t;1-,2-/m.1/s1. The molecule has 0 aliphatic carbocycles. The molecule has 1 unspecified atom stereocenters. The van der Waals surface area contributed by atoms with Crippen LogP contribution in [0.3, 0.4) is 0 Å². The minimum atomic E-state index is -2.27. The Morgan fingerprint density at radius 1 is 1.05 bits per heavy atom. The molecule has 0 amide bonds. The molecule has 2 aromatic carbocycles. The Labute approximate surface area is 218 Å². The molecule has 0 spiro atoms. The molecule has 10 nitrogen and oxygen atoms in total. The van der Waals surface area contributed by atoms with E-state index in [-0.39, 0.29) is 11.5 Å². The number of benzene rings is 2. The van der Waals surface area contributed by atoms with Gasteiger partial charge in [-0.1, -0.05) is 18.2 Å². The highest BCUT2D eigenvalue weighted by Crippen LogP contribution is 2.36. The van der Waals surface area contributed by atoms with Crippen molar-refractivity contribution in [2.45, 2.75) is 38.0 Å². The summed E-state index contributed by atoms with van der Waals surface area (Å²) < 4.78 is 14.2. The molecule has 1 aliphatic rings. The van der Waals surface area contributed by atoms with E-state index in [0.717, 1.165) is 42.0 Å². The summed E-state index contributed by atoms with van der Waals surface area (Å²) in [5, 5.41) is 50.0. The van der Waals surface area contributed by atoms with Gasteiger partial charge < -0.3 is 25.3 Å². The van der Waals surface area contributed by atoms with Crippen molar-refractivity contribution < 1.29 is 34.4 Å². The number of aliphatic hydroxyl groups excluding tert-OH is 2. The van der Waals surface area contributed by atoms with E-state index in [1.165, 1.54) is 17.2 Å². The summed E-state index contributed by atoms with van der Waals surface area (Å²) in [4.78, 5) is 21.8. The van der Waals surface area contributed by atoms with Crippen molar-refractivity contribution >= 4 is 11.9 Å². The second-order valence-corrected chi connectivity index (χ2v) is 8.97. The number of hydrogen-bond donors (Lipinski definition) is 4. The number of aromatic nitrogens is 2. The fourth-order valence-electron chi connectivity index (χ4n) is 4.12. The van der Waals surface area contributed by atoms with Gasteiger partial charge in [-0.2, -0.15) is 15.5 Å². The average molecular weight is 523 g/mol. The monoisotopic (exact) mass is 522 g/mol. The smallest absolute Gasteiger partial charge is 0.335 e. The minimum Gasteiger partial charge on any atom is -0.479 e. The highest BCUT2D eigenvalue weighted by molar-refractivity contribution is 5.83. The van der Waals surface area contributed by atoms with Crippen LogP contribution >= 0.6 is 0 Å². The zero-order chi connectivity index (χ0) is 28.0. The van der Waals surface area contributed by atoms with Gasteiger partial charge in [0.25, 0.3) is 0 Å². The van der Waals surface area contributed by atoms with Gasteiger partial charge >= 0.3 is 11.9 Å². The molecule has 0 saturated carbocycles. The zero-order valence-electron chi connectivity index (χ0n) is 20.7. The number of fused-ring (bicyclic) bond motifs is 1. The van der Waals surface area contributed by atoms with Crippen molar-refractivity contribution in [1.29, 1.82) is 5.26 Å². The summed E-state index contributed by atoms with van der Waals surface area (Å²) in [6, 6.07) is 17.2. The number of carbonyl (C=O) groups is 2. The fraction of sp³-hybridized carbons (Fsp3) is 0.296. The molecular formula is C27H27FN4O6. The third-order valence-electron chi connectivity index (χ3n) is 6.17. The molecule has 0 saturated heterocycles. The van der Waals surface area contributed by atoms with Gasteiger partial charge in [0.05, 0.1) is 17.0 Å². The van der Waals surface area contributed by atoms with Crippen LogP contribution in [-0.4, -0.2) is 73.3 Å². The van der Waals surface area contributed by atoms with Crippen molar-refractivity contribution in [2.24, 2.45) is 0 Å². The van der Waals surface area contributed by atoms with Gasteiger partial charge in [0, 0.05) is 18.0 Å². The summed E-state index contributed by atoms with van der Waals surface area (Å²) in [6.07, 6.45) is -3.63. The van der Waals surface area contributed by atoms with E-state index in [0.29, 0.717) is 0 Å². The van der Waals surface area contributed by atoms with Gasteiger partial charge in [0.2, 0.25) is 0 Å². The van der Waals surface area contributed by atoms with Crippen molar-refractivity contribution in [1.82, 2.24) is 15.1 Å². The quantitative estimate of drug-likeness (QED) is 0.390. The van der Waals surface area contributed by atoms with Crippen LogP contribution in [0.1, 0.15) is 40.3 Å². The lowest BCUT2D eigenvalue weighted by atomic mass is 9.85. The third kappa shape index (κ3) is 6.74. The number of rotatable bonds is 5. The molecule has 3 atom stereocenters. The fourth-order valence-corrected chi connectivity index (χ4v) is 4.12. The van der Waals surface area contributed by atoms with Crippen LogP contribution in [0, 0.1) is 24.1 Å². The maximum Gasteiger partial charge on any atom is 0.335 e. The predicted molar refractivity (Wildman–Crippen MR) is 133 cm³/mol. The number of nitrogens with zero attached hydrogens (tertiary/aromatic N) is 4. The number of nitriles is 1. The molecule has 2 heterocycles. The van der Waals surface area contributed by atoms with Gasteiger partial charge in [0.1, 0.15) is 11.9 Å². The van der Waals surface area contributed by atoms with Crippen molar-refractivity contribution in [2.75, 3.05) is 13.6 Å². The Morgan fingerprint density at radius 3 is 2.29 bits per heavy atom. The summed E-state index contributed by atoms with van der Waals surface area (Å²) in [7, 11) is 2.10. The molecule has 1 aliphatic heterocycles. The van der Waals surface area contributed by atoms with E-state index in [4.69, 9.17) is 25.7 Å². The summed E-state index contributed by atoms with van der Waals surface area (Å²) in [5.41, 5.74) is 6.19. The predicted octanol–water partition coefficient (Wildman–Crippen LogP) is 2.31. The molecule has 3 aromatic rings. The largest absolute Gasteiger partial charge is 0.479 e. The van der Waals surface area contributed by atoms with Gasteiger partial charge in [-0.05, 0) is 74.0 Å². The van der Waals surface area contributed by atoms with Gasteiger partial charge in [0.15, 0.2) is 12.2 Å². The normalized spacial score (nSPS) is 16.6. The summed E-state index contributed by atoms with van der Waals surface area (Å²) in [5.74, 6) is -3.89. The first-order chi connectivity index (χ1) is 18.0. The van der Waals surface area contributed by atoms with Crippen molar-refractivity contribution in [3.63, 3.8) is 0 Å². The number of carboxylic acids is 2. The number of aliphatic hydroxyl groups is 2. The van der Waals surface area contributed by atoms with E-state index < -0.39 is 30.0 Å². The number of aliphatic carboxylic acids is 2. The van der Waals surface area contributed by atoms with Crippen molar-refractivity contribution in [3.8, 4) is 17.3 Å². The molecular weight excluding hydrogens is 495 g/mol. The van der Waals surface area contributed by atoms with Gasteiger partial charge in [-0.15, -0.1) is 0 Å². The lowest BCUT2D eigenvalue weighted by Gasteiger charge is -2.19. The van der Waals surface area contributed by atoms with Crippen LogP contribution in [0.5, 0.6) is 0 Å². The van der Waals surface area contributed by atoms with Crippen LogP contribution in [0.25, 0.3) is 11.3 Å². The Hall–Kier alpha value is -4.24. The maximum atomic E-state index is 14.2. The highest BCUT2D eigenvalue weighted by atomic mass is 19.1. The summed E-state index contributed by atoms with van der Waals surface area (Å²) in [6.45, 7) is 3.67. The lowest BCUT2D eigenvalue weighted by molar-refractivity contribution is -0.165. The zero-order valence-corrected chi connectivity index (χ0v) is 20.7. The molecule has 0 radical (unpaired) electrons. The number of halogens is 1. The van der Waals surface area contributed by atoms with E-state index in [1.54, 1.807) is 6.07 Å². The molecule has 4 rings (SSSR count). The first-order valence-corrected chi connectivity index (χ1v) is 11.6. The highest BCUT2D eigenvalue weighted by Gasteiger charge is 2.29. The Kier molecular flexibility index (Phi) is 9.20. The Bertz CT molecular complexity index is 1340. The molecule has 4 N–H and O–H groups in total.